The van der Waals surface area contributed by atoms with Crippen molar-refractivity contribution in [3.8, 4) is 0 Å². The maximum atomic E-state index is 2.61. The van der Waals surface area contributed by atoms with Crippen molar-refractivity contribution in [2.45, 2.75) is 25.9 Å². The summed E-state index contributed by atoms with van der Waals surface area (Å²) < 4.78 is 5.16. The van der Waals surface area contributed by atoms with Gasteiger partial charge in [-0.3, -0.25) is 0 Å². The van der Waals surface area contributed by atoms with E-state index in [2.05, 4.69) is 23.0 Å². The van der Waals surface area contributed by atoms with Crippen LogP contribution in [0, 0.1) is 0 Å². The first-order valence-corrected chi connectivity index (χ1v) is 5.80. The summed E-state index contributed by atoms with van der Waals surface area (Å²) in [6.07, 6.45) is 0. The van der Waals surface area contributed by atoms with Gasteiger partial charge >= 0.3 is 0 Å². The molecule has 2 nitrogen and oxygen atoms in total. The monoisotopic (exact) mass is 174 g/mol. The van der Waals surface area contributed by atoms with E-state index in [9.17, 15) is 0 Å². The molecular weight excluding hydrogens is 156 g/mol. The fourth-order valence-corrected chi connectivity index (χ4v) is 3.05. The summed E-state index contributed by atoms with van der Waals surface area (Å²) in [6, 6.07) is 1.63. The Morgan fingerprint density at radius 3 is 1.90 bits per heavy atom. The van der Waals surface area contributed by atoms with Crippen LogP contribution in [-0.2, 0) is 0 Å². The highest BCUT2D eigenvalue weighted by Gasteiger charge is 2.22. The standard InChI is InChI=1S/C6H18N2Si2/c1-5-3-7(9)4-6(2)8(5)10/h5-6H,3-4H2,1-2,9-10H3/t5-,6-/m1/s1. The van der Waals surface area contributed by atoms with Crippen LogP contribution < -0.4 is 0 Å². The largest absolute Gasteiger partial charge is 0.329 e. The second-order valence-corrected chi connectivity index (χ2v) is 5.88. The Balaban J connectivity index is 2.49. The van der Waals surface area contributed by atoms with Crippen molar-refractivity contribution in [1.82, 2.24) is 9.13 Å². The van der Waals surface area contributed by atoms with E-state index in [0.29, 0.717) is 0 Å². The molecule has 0 aromatic carbocycles. The third kappa shape index (κ3) is 1.69. The molecule has 2 atom stereocenters. The van der Waals surface area contributed by atoms with Crippen molar-refractivity contribution in [2.75, 3.05) is 13.1 Å². The minimum Gasteiger partial charge on any atom is -0.329 e. The Kier molecular flexibility index (Phi) is 2.68. The summed E-state index contributed by atoms with van der Waals surface area (Å²) in [5, 5.41) is 0. The first-order valence-electron chi connectivity index (χ1n) is 4.01. The molecule has 0 N–H and O–H groups in total. The van der Waals surface area contributed by atoms with Crippen molar-refractivity contribution < 1.29 is 0 Å². The van der Waals surface area contributed by atoms with Gasteiger partial charge in [-0.05, 0) is 13.8 Å². The van der Waals surface area contributed by atoms with Crippen molar-refractivity contribution in [1.29, 1.82) is 0 Å². The molecule has 0 amide bonds. The van der Waals surface area contributed by atoms with Gasteiger partial charge < -0.3 is 9.13 Å². The molecule has 1 heterocycles. The Labute approximate surface area is 69.6 Å². The molecule has 0 aromatic heterocycles. The highest BCUT2D eigenvalue weighted by Crippen LogP contribution is 2.09. The van der Waals surface area contributed by atoms with Crippen LogP contribution >= 0.6 is 0 Å². The van der Waals surface area contributed by atoms with Crippen LogP contribution in [0.2, 0.25) is 0 Å². The maximum absolute atomic E-state index is 2.61. The number of hydrogen-bond acceptors (Lipinski definition) is 2. The van der Waals surface area contributed by atoms with Crippen LogP contribution in [0.4, 0.5) is 0 Å². The van der Waals surface area contributed by atoms with E-state index in [-0.39, 0.29) is 0 Å². The predicted octanol–water partition coefficient (Wildman–Crippen LogP) is -2.06. The second-order valence-electron chi connectivity index (χ2n) is 3.58. The molecule has 1 aliphatic heterocycles. The fourth-order valence-electron chi connectivity index (χ4n) is 1.67. The zero-order chi connectivity index (χ0) is 7.72. The van der Waals surface area contributed by atoms with Gasteiger partial charge in [0.2, 0.25) is 0 Å². The van der Waals surface area contributed by atoms with Gasteiger partial charge in [0.15, 0.2) is 0 Å². The van der Waals surface area contributed by atoms with Crippen molar-refractivity contribution in [3.05, 3.63) is 0 Å². The van der Waals surface area contributed by atoms with Gasteiger partial charge in [0, 0.05) is 25.2 Å². The topological polar surface area (TPSA) is 6.48 Å². The Bertz CT molecular complexity index is 108. The van der Waals surface area contributed by atoms with Gasteiger partial charge in [0.1, 0.15) is 0 Å². The van der Waals surface area contributed by atoms with Gasteiger partial charge in [0.25, 0.3) is 0 Å². The van der Waals surface area contributed by atoms with Gasteiger partial charge in [-0.15, -0.1) is 0 Å². The van der Waals surface area contributed by atoms with Gasteiger partial charge in [0.05, 0.1) is 20.8 Å². The van der Waals surface area contributed by atoms with Crippen LogP contribution in [0.15, 0.2) is 0 Å². The SMILES string of the molecule is C[C@@H]1CN([SiH3])C[C@@H](C)N1[SiH3]. The molecule has 0 unspecified atom stereocenters. The zero-order valence-corrected chi connectivity index (χ0v) is 11.5. The first-order chi connectivity index (χ1) is 4.61. The summed E-state index contributed by atoms with van der Waals surface area (Å²) >= 11 is 0. The number of nitrogens with zero attached hydrogens (tertiary/aromatic N) is 2. The lowest BCUT2D eigenvalue weighted by molar-refractivity contribution is 0.166. The molecule has 4 heteroatoms. The third-order valence-electron chi connectivity index (χ3n) is 2.54. The lowest BCUT2D eigenvalue weighted by Crippen LogP contribution is -2.54. The van der Waals surface area contributed by atoms with Crippen LogP contribution in [-0.4, -0.2) is 55.1 Å². The molecule has 0 aliphatic carbocycles. The smallest absolute Gasteiger partial charge is 0.0792 e. The average Bonchev–Trinajstić information content (AvgIpc) is 1.82. The van der Waals surface area contributed by atoms with E-state index in [1.807, 2.05) is 0 Å². The normalized spacial score (nSPS) is 39.0. The summed E-state index contributed by atoms with van der Waals surface area (Å²) in [6.45, 7) is 7.29. The predicted molar refractivity (Wildman–Crippen MR) is 52.2 cm³/mol. The van der Waals surface area contributed by atoms with Crippen LogP contribution in [0.1, 0.15) is 13.8 Å². The van der Waals surface area contributed by atoms with Crippen LogP contribution in [0.3, 0.4) is 0 Å². The molecule has 1 rings (SSSR count). The molecule has 0 spiro atoms. The molecule has 60 valence electrons. The summed E-state index contributed by atoms with van der Waals surface area (Å²) in [5.74, 6) is 0. The quantitative estimate of drug-likeness (QED) is 0.390. The summed E-state index contributed by atoms with van der Waals surface area (Å²) in [7, 11) is 2.47. The number of hydrogen-bond donors (Lipinski definition) is 0. The lowest BCUT2D eigenvalue weighted by Gasteiger charge is -2.41. The van der Waals surface area contributed by atoms with Gasteiger partial charge in [-0.1, -0.05) is 0 Å². The second kappa shape index (κ2) is 3.17. The summed E-state index contributed by atoms with van der Waals surface area (Å²) in [4.78, 5) is 0. The lowest BCUT2D eigenvalue weighted by atomic mass is 10.2. The van der Waals surface area contributed by atoms with E-state index in [1.165, 1.54) is 33.9 Å². The maximum Gasteiger partial charge on any atom is 0.0792 e. The van der Waals surface area contributed by atoms with Crippen LogP contribution in [0.25, 0.3) is 0 Å². The van der Waals surface area contributed by atoms with Crippen molar-refractivity contribution in [3.63, 3.8) is 0 Å². The van der Waals surface area contributed by atoms with E-state index in [1.54, 1.807) is 0 Å². The van der Waals surface area contributed by atoms with E-state index >= 15 is 0 Å². The zero-order valence-electron chi connectivity index (χ0n) is 7.46. The molecule has 1 saturated heterocycles. The highest BCUT2D eigenvalue weighted by molar-refractivity contribution is 6.06. The number of piperazine rings is 1. The molecule has 0 aromatic rings. The minimum absolute atomic E-state index is 0.813. The Morgan fingerprint density at radius 2 is 1.50 bits per heavy atom. The molecule has 1 fully saturated rings. The third-order valence-corrected chi connectivity index (χ3v) is 5.04. The molecule has 10 heavy (non-hydrogen) atoms. The first kappa shape index (κ1) is 8.45. The van der Waals surface area contributed by atoms with E-state index in [4.69, 9.17) is 0 Å². The Morgan fingerprint density at radius 1 is 1.10 bits per heavy atom. The van der Waals surface area contributed by atoms with E-state index in [0.717, 1.165) is 12.1 Å². The Hall–Kier alpha value is 0.354. The van der Waals surface area contributed by atoms with Crippen molar-refractivity contribution >= 4 is 20.8 Å². The van der Waals surface area contributed by atoms with Crippen molar-refractivity contribution in [2.24, 2.45) is 0 Å². The molecule has 0 radical (unpaired) electrons. The molecule has 0 saturated carbocycles. The van der Waals surface area contributed by atoms with Crippen LogP contribution in [0.5, 0.6) is 0 Å². The molecule has 1 aliphatic rings. The van der Waals surface area contributed by atoms with Gasteiger partial charge in [-0.2, -0.15) is 0 Å². The average molecular weight is 174 g/mol. The molecule has 0 bridgehead atoms. The number of rotatable bonds is 0. The van der Waals surface area contributed by atoms with Gasteiger partial charge in [-0.25, -0.2) is 0 Å². The van der Waals surface area contributed by atoms with E-state index < -0.39 is 0 Å². The fraction of sp³-hybridized carbons (Fsp3) is 1.00. The molecular formula is C6H18N2Si2. The minimum atomic E-state index is 0.813. The highest BCUT2D eigenvalue weighted by atomic mass is 28.2. The summed E-state index contributed by atoms with van der Waals surface area (Å²) in [5.41, 5.74) is 0.